The van der Waals surface area contributed by atoms with Crippen molar-refractivity contribution in [2.45, 2.75) is 33.1 Å². The van der Waals surface area contributed by atoms with Gasteiger partial charge in [-0.15, -0.1) is 0 Å². The number of aryl methyl sites for hydroxylation is 1. The van der Waals surface area contributed by atoms with E-state index >= 15 is 0 Å². The molecule has 2 aromatic rings. The first-order chi connectivity index (χ1) is 9.08. The van der Waals surface area contributed by atoms with Gasteiger partial charge in [-0.05, 0) is 26.0 Å². The van der Waals surface area contributed by atoms with E-state index in [2.05, 4.69) is 10.5 Å². The number of anilines is 1. The fraction of sp³-hybridized carbons (Fsp3) is 0.333. The SMILES string of the molecule is Cc1noc([C@H](C)CC(=O)Nc2ccccc2)c1C. The van der Waals surface area contributed by atoms with Crippen LogP contribution in [-0.4, -0.2) is 11.1 Å². The average molecular weight is 258 g/mol. The first kappa shape index (κ1) is 13.3. The average Bonchev–Trinajstić information content (AvgIpc) is 2.71. The Balaban J connectivity index is 1.97. The van der Waals surface area contributed by atoms with Crippen molar-refractivity contribution in [1.82, 2.24) is 5.16 Å². The van der Waals surface area contributed by atoms with Gasteiger partial charge in [-0.1, -0.05) is 30.3 Å². The van der Waals surface area contributed by atoms with Crippen molar-refractivity contribution in [3.05, 3.63) is 47.3 Å². The number of nitrogens with one attached hydrogen (secondary N) is 1. The van der Waals surface area contributed by atoms with Crippen LogP contribution in [0.15, 0.2) is 34.9 Å². The second kappa shape index (κ2) is 5.69. The molecule has 0 radical (unpaired) electrons. The number of carbonyl (C=O) groups is 1. The molecule has 4 heteroatoms. The number of amides is 1. The lowest BCUT2D eigenvalue weighted by Gasteiger charge is -2.09. The third-order valence-electron chi connectivity index (χ3n) is 3.19. The molecule has 2 rings (SSSR count). The van der Waals surface area contributed by atoms with Crippen molar-refractivity contribution < 1.29 is 9.32 Å². The standard InChI is InChI=1S/C15H18N2O2/c1-10(15-11(2)12(3)17-19-15)9-14(18)16-13-7-5-4-6-8-13/h4-8,10H,9H2,1-3H3,(H,16,18)/t10-/m1/s1. The summed E-state index contributed by atoms with van der Waals surface area (Å²) in [7, 11) is 0. The number of rotatable bonds is 4. The number of nitrogens with zero attached hydrogens (tertiary/aromatic N) is 1. The fourth-order valence-corrected chi connectivity index (χ4v) is 2.00. The van der Waals surface area contributed by atoms with Gasteiger partial charge in [-0.25, -0.2) is 0 Å². The van der Waals surface area contributed by atoms with Crippen LogP contribution >= 0.6 is 0 Å². The Bertz CT molecular complexity index is 561. The van der Waals surface area contributed by atoms with Gasteiger partial charge in [0.2, 0.25) is 5.91 Å². The zero-order chi connectivity index (χ0) is 13.8. The van der Waals surface area contributed by atoms with E-state index in [0.29, 0.717) is 6.42 Å². The van der Waals surface area contributed by atoms with E-state index in [9.17, 15) is 4.79 Å². The molecule has 0 aliphatic heterocycles. The van der Waals surface area contributed by atoms with E-state index in [0.717, 1.165) is 22.7 Å². The first-order valence-corrected chi connectivity index (χ1v) is 6.35. The first-order valence-electron chi connectivity index (χ1n) is 6.35. The highest BCUT2D eigenvalue weighted by atomic mass is 16.5. The van der Waals surface area contributed by atoms with Crippen molar-refractivity contribution in [2.75, 3.05) is 5.32 Å². The van der Waals surface area contributed by atoms with Gasteiger partial charge >= 0.3 is 0 Å². The Kier molecular flexibility index (Phi) is 4.00. The van der Waals surface area contributed by atoms with E-state index in [-0.39, 0.29) is 11.8 Å². The maximum absolute atomic E-state index is 11.9. The summed E-state index contributed by atoms with van der Waals surface area (Å²) in [6, 6.07) is 9.43. The lowest BCUT2D eigenvalue weighted by atomic mass is 10.0. The van der Waals surface area contributed by atoms with Crippen molar-refractivity contribution >= 4 is 11.6 Å². The normalized spacial score (nSPS) is 12.2. The van der Waals surface area contributed by atoms with Crippen molar-refractivity contribution in [3.63, 3.8) is 0 Å². The quantitative estimate of drug-likeness (QED) is 0.914. The van der Waals surface area contributed by atoms with Gasteiger partial charge in [-0.3, -0.25) is 4.79 Å². The third kappa shape index (κ3) is 3.22. The molecule has 0 unspecified atom stereocenters. The monoisotopic (exact) mass is 258 g/mol. The zero-order valence-corrected chi connectivity index (χ0v) is 11.4. The zero-order valence-electron chi connectivity index (χ0n) is 11.4. The van der Waals surface area contributed by atoms with Gasteiger partial charge < -0.3 is 9.84 Å². The Hall–Kier alpha value is -2.10. The molecule has 0 bridgehead atoms. The number of carbonyl (C=O) groups excluding carboxylic acids is 1. The molecule has 100 valence electrons. The predicted octanol–water partition coefficient (Wildman–Crippen LogP) is 3.42. The van der Waals surface area contributed by atoms with Crippen LogP contribution in [0.5, 0.6) is 0 Å². The summed E-state index contributed by atoms with van der Waals surface area (Å²) < 4.78 is 5.28. The Morgan fingerprint density at radius 3 is 2.58 bits per heavy atom. The molecule has 1 atom stereocenters. The van der Waals surface area contributed by atoms with Gasteiger partial charge in [0.1, 0.15) is 5.76 Å². The molecule has 0 spiro atoms. The maximum atomic E-state index is 11.9. The molecular weight excluding hydrogens is 240 g/mol. The summed E-state index contributed by atoms with van der Waals surface area (Å²) in [6.07, 6.45) is 0.379. The lowest BCUT2D eigenvalue weighted by molar-refractivity contribution is -0.116. The van der Waals surface area contributed by atoms with E-state index < -0.39 is 0 Å². The summed E-state index contributed by atoms with van der Waals surface area (Å²) in [6.45, 7) is 5.84. The summed E-state index contributed by atoms with van der Waals surface area (Å²) >= 11 is 0. The number of benzene rings is 1. The van der Waals surface area contributed by atoms with Crippen molar-refractivity contribution in [2.24, 2.45) is 0 Å². The van der Waals surface area contributed by atoms with Crippen LogP contribution < -0.4 is 5.32 Å². The van der Waals surface area contributed by atoms with E-state index in [1.165, 1.54) is 0 Å². The predicted molar refractivity (Wildman–Crippen MR) is 74.1 cm³/mol. The summed E-state index contributed by atoms with van der Waals surface area (Å²) in [4.78, 5) is 11.9. The summed E-state index contributed by atoms with van der Waals surface area (Å²) in [5, 5.41) is 6.79. The Morgan fingerprint density at radius 2 is 2.00 bits per heavy atom. The third-order valence-corrected chi connectivity index (χ3v) is 3.19. The fourth-order valence-electron chi connectivity index (χ4n) is 2.00. The van der Waals surface area contributed by atoms with Gasteiger partial charge in [0.05, 0.1) is 5.69 Å². The van der Waals surface area contributed by atoms with Crippen LogP contribution in [0.1, 0.15) is 36.3 Å². The van der Waals surface area contributed by atoms with E-state index in [1.54, 1.807) is 0 Å². The van der Waals surface area contributed by atoms with Crippen LogP contribution in [0.25, 0.3) is 0 Å². The largest absolute Gasteiger partial charge is 0.361 e. The second-order valence-electron chi connectivity index (χ2n) is 4.78. The maximum Gasteiger partial charge on any atom is 0.225 e. The molecule has 1 aromatic carbocycles. The highest BCUT2D eigenvalue weighted by molar-refractivity contribution is 5.91. The molecule has 19 heavy (non-hydrogen) atoms. The molecule has 1 amide bonds. The minimum absolute atomic E-state index is 0.0184. The van der Waals surface area contributed by atoms with Crippen molar-refractivity contribution in [3.8, 4) is 0 Å². The van der Waals surface area contributed by atoms with Crippen LogP contribution in [0, 0.1) is 13.8 Å². The van der Waals surface area contributed by atoms with Gasteiger partial charge in [-0.2, -0.15) is 0 Å². The Morgan fingerprint density at radius 1 is 1.32 bits per heavy atom. The molecular formula is C15H18N2O2. The molecule has 1 heterocycles. The molecule has 0 saturated heterocycles. The molecule has 4 nitrogen and oxygen atoms in total. The molecule has 1 aromatic heterocycles. The van der Waals surface area contributed by atoms with E-state index in [4.69, 9.17) is 4.52 Å². The molecule has 0 fully saturated rings. The Labute approximate surface area is 112 Å². The second-order valence-corrected chi connectivity index (χ2v) is 4.78. The smallest absolute Gasteiger partial charge is 0.225 e. The number of para-hydroxylation sites is 1. The highest BCUT2D eigenvalue weighted by Gasteiger charge is 2.19. The molecule has 0 saturated carbocycles. The minimum atomic E-state index is -0.0212. The van der Waals surface area contributed by atoms with Crippen LogP contribution in [0.3, 0.4) is 0 Å². The van der Waals surface area contributed by atoms with Crippen molar-refractivity contribution in [1.29, 1.82) is 0 Å². The molecule has 0 aliphatic rings. The minimum Gasteiger partial charge on any atom is -0.361 e. The molecule has 0 aliphatic carbocycles. The van der Waals surface area contributed by atoms with Gasteiger partial charge in [0.25, 0.3) is 0 Å². The number of hydrogen-bond donors (Lipinski definition) is 1. The van der Waals surface area contributed by atoms with Gasteiger partial charge in [0.15, 0.2) is 0 Å². The number of aromatic nitrogens is 1. The lowest BCUT2D eigenvalue weighted by Crippen LogP contribution is -2.14. The summed E-state index contributed by atoms with van der Waals surface area (Å²) in [5.74, 6) is 0.790. The van der Waals surface area contributed by atoms with Crippen LogP contribution in [0.2, 0.25) is 0 Å². The number of hydrogen-bond acceptors (Lipinski definition) is 3. The topological polar surface area (TPSA) is 55.1 Å². The van der Waals surface area contributed by atoms with Gasteiger partial charge in [0, 0.05) is 23.6 Å². The van der Waals surface area contributed by atoms with Crippen LogP contribution in [0.4, 0.5) is 5.69 Å². The van der Waals surface area contributed by atoms with E-state index in [1.807, 2.05) is 51.1 Å². The van der Waals surface area contributed by atoms with Crippen LogP contribution in [-0.2, 0) is 4.79 Å². The summed E-state index contributed by atoms with van der Waals surface area (Å²) in [5.41, 5.74) is 2.72. The molecule has 1 N–H and O–H groups in total. The highest BCUT2D eigenvalue weighted by Crippen LogP contribution is 2.24.